The fourth-order valence-corrected chi connectivity index (χ4v) is 9.91. The number of alkyl halides is 2. The van der Waals surface area contributed by atoms with Crippen molar-refractivity contribution in [2.45, 2.75) is 75.2 Å². The number of fused-ring (bicyclic) bond motifs is 4. The average molecular weight is 856 g/mol. The van der Waals surface area contributed by atoms with E-state index in [0.717, 1.165) is 75.0 Å². The number of hydrogen-bond donors (Lipinski definition) is 3. The second-order valence-corrected chi connectivity index (χ2v) is 17.9. The summed E-state index contributed by atoms with van der Waals surface area (Å²) < 4.78 is 38.9. The SMILES string of the molecule is Cn1nc(C2CCC(=O)NC2=O)c2ccc(C3CCN(CC4CCN(c5ncc(Cl)c(Nc6cnc7c(c6)c6c(c(=O)n7C)OCC(F)(F)[C@H](C7CC7)N6)n5)CC4)CC3)cc21. The molecule has 1 unspecified atom stereocenters. The van der Waals surface area contributed by atoms with E-state index in [9.17, 15) is 14.4 Å². The monoisotopic (exact) mass is 855 g/mol. The Hall–Kier alpha value is -5.42. The Morgan fingerprint density at radius 3 is 2.49 bits per heavy atom. The first kappa shape index (κ1) is 39.7. The largest absolute Gasteiger partial charge is 0.480 e. The molecule has 5 aromatic rings. The molecule has 3 saturated heterocycles. The maximum Gasteiger partial charge on any atom is 0.301 e. The van der Waals surface area contributed by atoms with E-state index >= 15 is 8.78 Å². The quantitative estimate of drug-likeness (QED) is 0.160. The lowest BCUT2D eigenvalue weighted by molar-refractivity contribution is -0.134. The van der Waals surface area contributed by atoms with E-state index in [1.165, 1.54) is 10.1 Å². The zero-order chi connectivity index (χ0) is 42.2. The van der Waals surface area contributed by atoms with Crippen molar-refractivity contribution >= 4 is 68.5 Å². The third-order valence-corrected chi connectivity index (χ3v) is 13.7. The zero-order valence-corrected chi connectivity index (χ0v) is 34.9. The maximum absolute atomic E-state index is 15.1. The van der Waals surface area contributed by atoms with Crippen LogP contribution in [0.1, 0.15) is 74.5 Å². The normalized spacial score (nSPS) is 22.7. The number of halogens is 3. The second kappa shape index (κ2) is 15.5. The fraction of sp³-hybridized carbons (Fsp3) is 0.512. The van der Waals surface area contributed by atoms with E-state index in [4.69, 9.17) is 26.4 Å². The molecular formula is C43H48ClF2N11O4. The lowest BCUT2D eigenvalue weighted by Gasteiger charge is -2.38. The molecule has 2 atom stereocenters. The molecule has 0 radical (unpaired) electrons. The number of amides is 2. The molecule has 5 aliphatic rings. The average Bonchev–Trinajstić information content (AvgIpc) is 4.06. The minimum absolute atomic E-state index is 0.143. The van der Waals surface area contributed by atoms with Crippen LogP contribution < -0.4 is 31.1 Å². The molecule has 1 aromatic carbocycles. The number of carbonyl (C=O) groups is 2. The van der Waals surface area contributed by atoms with Crippen molar-refractivity contribution in [2.75, 3.05) is 54.9 Å². The zero-order valence-electron chi connectivity index (χ0n) is 34.1. The van der Waals surface area contributed by atoms with Gasteiger partial charge in [-0.1, -0.05) is 23.7 Å². The minimum atomic E-state index is -3.15. The van der Waals surface area contributed by atoms with Gasteiger partial charge in [-0.15, -0.1) is 0 Å². The first-order valence-corrected chi connectivity index (χ1v) is 21.6. The van der Waals surface area contributed by atoms with Gasteiger partial charge in [-0.2, -0.15) is 10.1 Å². The van der Waals surface area contributed by atoms with Crippen molar-refractivity contribution in [3.05, 3.63) is 63.3 Å². The predicted molar refractivity (Wildman–Crippen MR) is 227 cm³/mol. The van der Waals surface area contributed by atoms with Crippen molar-refractivity contribution in [1.82, 2.24) is 39.5 Å². The highest BCUT2D eigenvalue weighted by atomic mass is 35.5. The Balaban J connectivity index is 0.763. The molecule has 18 heteroatoms. The highest BCUT2D eigenvalue weighted by Gasteiger charge is 2.51. The Labute approximate surface area is 355 Å². The number of aromatic nitrogens is 6. The Bertz CT molecular complexity index is 2620. The molecule has 0 spiro atoms. The van der Waals surface area contributed by atoms with Gasteiger partial charge in [0, 0.05) is 50.9 Å². The van der Waals surface area contributed by atoms with Crippen LogP contribution in [0.3, 0.4) is 0 Å². The van der Waals surface area contributed by atoms with Crippen LogP contribution >= 0.6 is 11.6 Å². The van der Waals surface area contributed by atoms with E-state index in [-0.39, 0.29) is 29.2 Å². The van der Waals surface area contributed by atoms with Gasteiger partial charge in [-0.25, -0.2) is 18.7 Å². The summed E-state index contributed by atoms with van der Waals surface area (Å²) in [5.41, 5.74) is 3.59. The molecular weight excluding hydrogens is 808 g/mol. The number of benzene rings is 1. The molecule has 4 fully saturated rings. The fourth-order valence-electron chi connectivity index (χ4n) is 9.78. The van der Waals surface area contributed by atoms with Gasteiger partial charge < -0.3 is 25.2 Å². The van der Waals surface area contributed by atoms with E-state index in [1.807, 2.05) is 11.7 Å². The van der Waals surface area contributed by atoms with E-state index < -0.39 is 30.0 Å². The first-order valence-electron chi connectivity index (χ1n) is 21.3. The van der Waals surface area contributed by atoms with Crippen LogP contribution in [0.25, 0.3) is 21.9 Å². The summed E-state index contributed by atoms with van der Waals surface area (Å²) in [7, 11) is 3.46. The molecule has 3 N–H and O–H groups in total. The number of likely N-dealkylation sites (tertiary alicyclic amines) is 1. The number of hydrogen-bond acceptors (Lipinski definition) is 12. The van der Waals surface area contributed by atoms with Gasteiger partial charge >= 0.3 is 5.92 Å². The predicted octanol–water partition coefficient (Wildman–Crippen LogP) is 5.84. The maximum atomic E-state index is 15.1. The van der Waals surface area contributed by atoms with Gasteiger partial charge in [-0.3, -0.25) is 28.9 Å². The topological polar surface area (TPSA) is 164 Å². The van der Waals surface area contributed by atoms with Crippen molar-refractivity contribution < 1.29 is 23.1 Å². The third kappa shape index (κ3) is 7.53. The lowest BCUT2D eigenvalue weighted by atomic mass is 9.87. The van der Waals surface area contributed by atoms with Gasteiger partial charge in [0.1, 0.15) is 10.7 Å². The van der Waals surface area contributed by atoms with Crippen molar-refractivity contribution in [3.8, 4) is 5.75 Å². The molecule has 320 valence electrons. The Morgan fingerprint density at radius 2 is 1.74 bits per heavy atom. The number of aryl methyl sites for hydroxylation is 2. The lowest BCUT2D eigenvalue weighted by Crippen LogP contribution is -2.44. The highest BCUT2D eigenvalue weighted by molar-refractivity contribution is 6.33. The van der Waals surface area contributed by atoms with Crippen LogP contribution in [0.5, 0.6) is 5.75 Å². The number of ether oxygens (including phenoxy) is 1. The molecule has 1 aliphatic carbocycles. The van der Waals surface area contributed by atoms with Crippen LogP contribution in [0.4, 0.5) is 31.9 Å². The molecule has 10 rings (SSSR count). The van der Waals surface area contributed by atoms with Crippen LogP contribution in [0.15, 0.2) is 41.5 Å². The van der Waals surface area contributed by atoms with Gasteiger partial charge in [0.05, 0.1) is 46.9 Å². The van der Waals surface area contributed by atoms with Crippen LogP contribution in [-0.4, -0.2) is 97.3 Å². The summed E-state index contributed by atoms with van der Waals surface area (Å²) in [6.07, 6.45) is 9.49. The third-order valence-electron chi connectivity index (χ3n) is 13.4. The number of nitrogens with zero attached hydrogens (tertiary/aromatic N) is 8. The second-order valence-electron chi connectivity index (χ2n) is 17.5. The number of anilines is 4. The van der Waals surface area contributed by atoms with Gasteiger partial charge in [0.25, 0.3) is 5.56 Å². The Morgan fingerprint density at radius 1 is 0.951 bits per heavy atom. The van der Waals surface area contributed by atoms with E-state index in [0.29, 0.717) is 71.0 Å². The molecule has 4 aliphatic heterocycles. The number of rotatable bonds is 8. The number of pyridine rings is 2. The summed E-state index contributed by atoms with van der Waals surface area (Å²) >= 11 is 6.61. The summed E-state index contributed by atoms with van der Waals surface area (Å²) in [6.45, 7) is 3.86. The van der Waals surface area contributed by atoms with Crippen LogP contribution in [0, 0.1) is 11.8 Å². The summed E-state index contributed by atoms with van der Waals surface area (Å²) in [5.74, 6) is -2.43. The highest BCUT2D eigenvalue weighted by Crippen LogP contribution is 2.46. The summed E-state index contributed by atoms with van der Waals surface area (Å²) in [4.78, 5) is 56.2. The standard InChI is InChI=1S/C43H48ClF2N11O4/c1-54-39-30(35-36(41(54)60)61-22-43(45,46)37(51-35)25-3-4-25)18-27(19-47-39)49-38-31(44)20-48-42(52-38)57-15-9-23(10-16-57)21-56-13-11-24(12-14-56)26-5-6-28-32(17-26)55(2)53-34(28)29-7-8-33(58)50-40(29)59/h5-6,17-20,23-25,29,37,51H,3-4,7-16,21-22H2,1-2H3,(H,48,49,52)(H,50,58,59)/t29?,37-/m0/s1. The number of piperidine rings is 3. The van der Waals surface area contributed by atoms with Gasteiger partial charge in [-0.05, 0) is 93.5 Å². The van der Waals surface area contributed by atoms with Crippen LogP contribution in [0.2, 0.25) is 5.02 Å². The smallest absolute Gasteiger partial charge is 0.301 e. The van der Waals surface area contributed by atoms with Crippen molar-refractivity contribution in [1.29, 1.82) is 0 Å². The Kier molecular flexibility index (Phi) is 10.1. The molecule has 61 heavy (non-hydrogen) atoms. The molecule has 2 amide bonds. The molecule has 8 heterocycles. The summed E-state index contributed by atoms with van der Waals surface area (Å²) in [6, 6.07) is 7.11. The first-order chi connectivity index (χ1) is 29.4. The van der Waals surface area contributed by atoms with Gasteiger partial charge in [0.2, 0.25) is 23.5 Å². The molecule has 15 nitrogen and oxygen atoms in total. The van der Waals surface area contributed by atoms with Gasteiger partial charge in [0.15, 0.2) is 12.4 Å². The number of imide groups is 1. The van der Waals surface area contributed by atoms with E-state index in [2.05, 4.69) is 53.9 Å². The number of nitrogens with one attached hydrogen (secondary N) is 3. The number of carbonyl (C=O) groups excluding carboxylic acids is 2. The molecule has 4 aromatic heterocycles. The summed E-state index contributed by atoms with van der Waals surface area (Å²) in [5, 5.41) is 15.2. The molecule has 0 bridgehead atoms. The van der Waals surface area contributed by atoms with Crippen molar-refractivity contribution in [3.63, 3.8) is 0 Å². The molecule has 1 saturated carbocycles. The van der Waals surface area contributed by atoms with Crippen LogP contribution in [-0.2, 0) is 23.7 Å². The minimum Gasteiger partial charge on any atom is -0.480 e. The van der Waals surface area contributed by atoms with E-state index in [1.54, 1.807) is 25.5 Å². The van der Waals surface area contributed by atoms with Crippen molar-refractivity contribution in [2.24, 2.45) is 25.9 Å².